The summed E-state index contributed by atoms with van der Waals surface area (Å²) in [7, 11) is 0. The molecule has 4 rings (SSSR count). The third-order valence-electron chi connectivity index (χ3n) is 4.31. The van der Waals surface area contributed by atoms with E-state index in [1.54, 1.807) is 41.0 Å². The molecule has 7 heteroatoms. The molecule has 0 amide bonds. The second-order valence-electron chi connectivity index (χ2n) is 6.24. The van der Waals surface area contributed by atoms with Crippen LogP contribution in [-0.4, -0.2) is 19.7 Å². The summed E-state index contributed by atoms with van der Waals surface area (Å²) in [6.07, 6.45) is 1.65. The zero-order valence-electron chi connectivity index (χ0n) is 14.7. The van der Waals surface area contributed by atoms with Gasteiger partial charge in [0.1, 0.15) is 17.4 Å². The van der Waals surface area contributed by atoms with Gasteiger partial charge in [0.25, 0.3) is 0 Å². The van der Waals surface area contributed by atoms with E-state index in [-0.39, 0.29) is 11.6 Å². The van der Waals surface area contributed by atoms with Crippen molar-refractivity contribution in [1.29, 1.82) is 0 Å². The van der Waals surface area contributed by atoms with Crippen molar-refractivity contribution in [2.75, 3.05) is 5.32 Å². The molecule has 0 atom stereocenters. The number of aromatic nitrogens is 3. The van der Waals surface area contributed by atoms with E-state index in [0.29, 0.717) is 39.3 Å². The van der Waals surface area contributed by atoms with E-state index in [4.69, 9.17) is 0 Å². The van der Waals surface area contributed by atoms with Gasteiger partial charge in [-0.3, -0.25) is 0 Å². The molecule has 2 heterocycles. The highest BCUT2D eigenvalue weighted by molar-refractivity contribution is 9.10. The highest BCUT2D eigenvalue weighted by atomic mass is 79.9. The van der Waals surface area contributed by atoms with Crippen molar-refractivity contribution in [1.82, 2.24) is 14.6 Å². The van der Waals surface area contributed by atoms with Gasteiger partial charge in [0.2, 0.25) is 0 Å². The first-order valence-electron chi connectivity index (χ1n) is 8.53. The number of benzene rings is 2. The van der Waals surface area contributed by atoms with E-state index < -0.39 is 0 Å². The van der Waals surface area contributed by atoms with Gasteiger partial charge < -0.3 is 10.4 Å². The van der Waals surface area contributed by atoms with Crippen LogP contribution in [0.25, 0.3) is 22.7 Å². The second kappa shape index (κ2) is 7.44. The zero-order chi connectivity index (χ0) is 19.7. The van der Waals surface area contributed by atoms with Crippen molar-refractivity contribution in [2.24, 2.45) is 0 Å². The number of hydrogen-bond donors (Lipinski definition) is 2. The molecule has 0 fully saturated rings. The third-order valence-corrected chi connectivity index (χ3v) is 4.87. The minimum absolute atomic E-state index is 0.0194. The Morgan fingerprint density at radius 2 is 2.00 bits per heavy atom. The smallest absolute Gasteiger partial charge is 0.172 e. The highest BCUT2D eigenvalue weighted by Gasteiger charge is 2.13. The molecular weight excluding hydrogens is 423 g/mol. The Balaban J connectivity index is 1.73. The molecule has 0 bridgehead atoms. The molecule has 0 aliphatic heterocycles. The normalized spacial score (nSPS) is 10.9. The van der Waals surface area contributed by atoms with E-state index in [9.17, 15) is 9.50 Å². The topological polar surface area (TPSA) is 62.5 Å². The number of nitrogens with one attached hydrogen (secondary N) is 1. The summed E-state index contributed by atoms with van der Waals surface area (Å²) in [5.41, 5.74) is 3.12. The first-order chi connectivity index (χ1) is 13.5. The Kier molecular flexibility index (Phi) is 4.83. The van der Waals surface area contributed by atoms with Crippen LogP contribution in [0.15, 0.2) is 71.8 Å². The van der Waals surface area contributed by atoms with Crippen molar-refractivity contribution < 1.29 is 9.50 Å². The number of nitrogens with zero attached hydrogens (tertiary/aromatic N) is 3. The predicted octanol–water partition coefficient (Wildman–Crippen LogP) is 5.44. The summed E-state index contributed by atoms with van der Waals surface area (Å²) < 4.78 is 16.6. The van der Waals surface area contributed by atoms with Gasteiger partial charge in [-0.1, -0.05) is 36.9 Å². The SMILES string of the molecule is C=C(O)c1cccc(CNc2cc(-c3ccccc3F)nc3c(Br)cnn23)c1. The van der Waals surface area contributed by atoms with E-state index in [1.165, 1.54) is 6.07 Å². The minimum Gasteiger partial charge on any atom is -0.508 e. The second-order valence-corrected chi connectivity index (χ2v) is 7.09. The van der Waals surface area contributed by atoms with Gasteiger partial charge in [0, 0.05) is 23.7 Å². The fraction of sp³-hybridized carbons (Fsp3) is 0.0476. The Morgan fingerprint density at radius 1 is 1.18 bits per heavy atom. The molecule has 5 nitrogen and oxygen atoms in total. The number of aliphatic hydroxyl groups excluding tert-OH is 1. The molecule has 0 unspecified atom stereocenters. The lowest BCUT2D eigenvalue weighted by Gasteiger charge is -2.12. The molecule has 0 radical (unpaired) electrons. The standard InChI is InChI=1S/C21H16BrFN4O/c1-13(28)15-6-4-5-14(9-15)11-24-20-10-19(16-7-2-3-8-18(16)23)26-21-17(22)12-25-27(20)21/h2-10,12,24,28H,1,11H2. The van der Waals surface area contributed by atoms with Gasteiger partial charge in [-0.05, 0) is 39.7 Å². The number of hydrogen-bond acceptors (Lipinski definition) is 4. The highest BCUT2D eigenvalue weighted by Crippen LogP contribution is 2.27. The van der Waals surface area contributed by atoms with E-state index in [2.05, 4.69) is 37.9 Å². The van der Waals surface area contributed by atoms with Crippen LogP contribution >= 0.6 is 15.9 Å². The van der Waals surface area contributed by atoms with Crippen molar-refractivity contribution >= 4 is 33.2 Å². The molecule has 0 saturated heterocycles. The predicted molar refractivity (Wildman–Crippen MR) is 112 cm³/mol. The van der Waals surface area contributed by atoms with Gasteiger partial charge >= 0.3 is 0 Å². The summed E-state index contributed by atoms with van der Waals surface area (Å²) in [5, 5.41) is 17.2. The molecule has 0 aliphatic carbocycles. The van der Waals surface area contributed by atoms with Gasteiger partial charge in [-0.15, -0.1) is 0 Å². The Morgan fingerprint density at radius 3 is 2.79 bits per heavy atom. The molecule has 0 saturated carbocycles. The number of fused-ring (bicyclic) bond motifs is 1. The quantitative estimate of drug-likeness (QED) is 0.407. The van der Waals surface area contributed by atoms with Crippen molar-refractivity contribution in [2.45, 2.75) is 6.54 Å². The molecule has 2 aromatic carbocycles. The number of anilines is 1. The van der Waals surface area contributed by atoms with E-state index in [1.807, 2.05) is 18.2 Å². The lowest BCUT2D eigenvalue weighted by molar-refractivity contribution is 0.513. The molecule has 28 heavy (non-hydrogen) atoms. The largest absolute Gasteiger partial charge is 0.508 e. The average Bonchev–Trinajstić information content (AvgIpc) is 3.08. The molecule has 0 spiro atoms. The molecule has 2 N–H and O–H groups in total. The number of rotatable bonds is 5. The average molecular weight is 439 g/mol. The number of aliphatic hydroxyl groups is 1. The van der Waals surface area contributed by atoms with Gasteiger partial charge in [0.15, 0.2) is 5.65 Å². The Labute approximate surface area is 169 Å². The fourth-order valence-electron chi connectivity index (χ4n) is 2.92. The number of halogens is 2. The van der Waals surface area contributed by atoms with Gasteiger partial charge in [-0.2, -0.15) is 9.61 Å². The Bertz CT molecular complexity index is 1190. The maximum atomic E-state index is 14.3. The summed E-state index contributed by atoms with van der Waals surface area (Å²) in [6, 6.07) is 15.7. The van der Waals surface area contributed by atoms with Crippen LogP contribution in [-0.2, 0) is 6.54 Å². The van der Waals surface area contributed by atoms with Crippen LogP contribution in [0.2, 0.25) is 0 Å². The Hall–Kier alpha value is -3.19. The first-order valence-corrected chi connectivity index (χ1v) is 9.32. The summed E-state index contributed by atoms with van der Waals surface area (Å²) >= 11 is 3.44. The lowest BCUT2D eigenvalue weighted by atomic mass is 10.1. The van der Waals surface area contributed by atoms with Crippen molar-refractivity contribution in [3.8, 4) is 11.3 Å². The van der Waals surface area contributed by atoms with Crippen LogP contribution in [0.1, 0.15) is 11.1 Å². The first kappa shape index (κ1) is 18.2. The molecular formula is C21H16BrFN4O. The van der Waals surface area contributed by atoms with Gasteiger partial charge in [0.05, 0.1) is 16.4 Å². The lowest BCUT2D eigenvalue weighted by Crippen LogP contribution is -2.07. The molecule has 140 valence electrons. The fourth-order valence-corrected chi connectivity index (χ4v) is 3.27. The van der Waals surface area contributed by atoms with Crippen LogP contribution < -0.4 is 5.32 Å². The molecule has 2 aromatic heterocycles. The molecule has 4 aromatic rings. The van der Waals surface area contributed by atoms with Crippen LogP contribution in [0, 0.1) is 5.82 Å². The third kappa shape index (κ3) is 3.48. The van der Waals surface area contributed by atoms with Crippen molar-refractivity contribution in [3.63, 3.8) is 0 Å². The van der Waals surface area contributed by atoms with Crippen LogP contribution in [0.5, 0.6) is 0 Å². The maximum absolute atomic E-state index is 14.3. The zero-order valence-corrected chi connectivity index (χ0v) is 16.3. The van der Waals surface area contributed by atoms with Crippen LogP contribution in [0.4, 0.5) is 10.2 Å². The van der Waals surface area contributed by atoms with Crippen molar-refractivity contribution in [3.05, 3.63) is 88.8 Å². The maximum Gasteiger partial charge on any atom is 0.172 e. The molecule has 0 aliphatic rings. The van der Waals surface area contributed by atoms with Crippen LogP contribution in [0.3, 0.4) is 0 Å². The monoisotopic (exact) mass is 438 g/mol. The van der Waals surface area contributed by atoms with E-state index >= 15 is 0 Å². The minimum atomic E-state index is -0.338. The van der Waals surface area contributed by atoms with Gasteiger partial charge in [-0.25, -0.2) is 9.37 Å². The summed E-state index contributed by atoms with van der Waals surface area (Å²) in [5.74, 6) is 0.350. The van der Waals surface area contributed by atoms with E-state index in [0.717, 1.165) is 5.56 Å². The summed E-state index contributed by atoms with van der Waals surface area (Å²) in [4.78, 5) is 4.55. The summed E-state index contributed by atoms with van der Waals surface area (Å²) in [6.45, 7) is 4.03.